The molecule has 0 saturated carbocycles. The first-order chi connectivity index (χ1) is 21.1. The number of nitrogens with one attached hydrogen (secondary N) is 5. The first kappa shape index (κ1) is 29.8. The molecule has 5 N–H and O–H groups in total. The van der Waals surface area contributed by atoms with Crippen molar-refractivity contribution in [3.8, 4) is 0 Å². The van der Waals surface area contributed by atoms with Gasteiger partial charge >= 0.3 is 0 Å². The summed E-state index contributed by atoms with van der Waals surface area (Å²) in [6.07, 6.45) is 5.07. The number of benzene rings is 3. The van der Waals surface area contributed by atoms with Gasteiger partial charge in [-0.25, -0.2) is 0 Å². The molecule has 2 amide bonds. The monoisotopic (exact) mass is 577 g/mol. The molecule has 0 saturated heterocycles. The molecule has 0 aliphatic carbocycles. The Morgan fingerprint density at radius 1 is 0.860 bits per heavy atom. The highest BCUT2D eigenvalue weighted by Crippen LogP contribution is 2.18. The largest absolute Gasteiger partial charge is 0.353 e. The second-order valence-electron chi connectivity index (χ2n) is 10.7. The average molecular weight is 578 g/mol. The third kappa shape index (κ3) is 8.41. The second-order valence-corrected chi connectivity index (χ2v) is 10.7. The molecular formula is C34H39N7O2. The van der Waals surface area contributed by atoms with E-state index in [-0.39, 0.29) is 11.8 Å². The number of nitrogens with zero attached hydrogens (tertiary/aromatic N) is 2. The summed E-state index contributed by atoms with van der Waals surface area (Å²) < 4.78 is 2.08. The molecule has 0 aliphatic rings. The van der Waals surface area contributed by atoms with Gasteiger partial charge in [0.25, 0.3) is 5.91 Å². The lowest BCUT2D eigenvalue weighted by Crippen LogP contribution is -2.46. The second kappa shape index (κ2) is 14.9. The number of H-pyrrole nitrogens is 1. The molecule has 9 nitrogen and oxygen atoms in total. The summed E-state index contributed by atoms with van der Waals surface area (Å²) in [5.41, 5.74) is 4.75. The summed E-state index contributed by atoms with van der Waals surface area (Å²) in [7, 11) is 2.02. The van der Waals surface area contributed by atoms with Crippen LogP contribution in [-0.2, 0) is 38.0 Å². The minimum absolute atomic E-state index is 0.192. The third-order valence-electron chi connectivity index (χ3n) is 7.57. The Morgan fingerprint density at radius 2 is 1.70 bits per heavy atom. The molecule has 3 aromatic carbocycles. The summed E-state index contributed by atoms with van der Waals surface area (Å²) in [5, 5.41) is 22.0. The topological polar surface area (TPSA) is 116 Å². The highest BCUT2D eigenvalue weighted by atomic mass is 16.2. The van der Waals surface area contributed by atoms with Crippen LogP contribution in [0.4, 0.5) is 0 Å². The maximum absolute atomic E-state index is 13.4. The number of carbonyl (C=O) groups excluding carboxylic acids is 2. The van der Waals surface area contributed by atoms with Crippen LogP contribution in [0.25, 0.3) is 10.8 Å². The zero-order valence-electron chi connectivity index (χ0n) is 24.5. The van der Waals surface area contributed by atoms with Crippen molar-refractivity contribution < 1.29 is 9.59 Å². The van der Waals surface area contributed by atoms with Crippen molar-refractivity contribution in [1.29, 1.82) is 0 Å². The fourth-order valence-corrected chi connectivity index (χ4v) is 5.09. The number of aromatic nitrogens is 3. The van der Waals surface area contributed by atoms with E-state index in [1.54, 1.807) is 18.3 Å². The normalized spacial score (nSPS) is 11.8. The van der Waals surface area contributed by atoms with Gasteiger partial charge in [0.15, 0.2) is 0 Å². The highest BCUT2D eigenvalue weighted by Gasteiger charge is 2.21. The summed E-state index contributed by atoms with van der Waals surface area (Å²) in [6, 6.07) is 27.0. The lowest BCUT2D eigenvalue weighted by molar-refractivity contribution is -0.123. The van der Waals surface area contributed by atoms with E-state index in [0.717, 1.165) is 47.1 Å². The lowest BCUT2D eigenvalue weighted by Gasteiger charge is -2.19. The molecule has 0 fully saturated rings. The molecule has 0 radical (unpaired) electrons. The molecule has 0 spiro atoms. The van der Waals surface area contributed by atoms with E-state index in [1.165, 1.54) is 5.69 Å². The van der Waals surface area contributed by atoms with Crippen LogP contribution in [-0.4, -0.2) is 39.2 Å². The maximum Gasteiger partial charge on any atom is 0.251 e. The Balaban J connectivity index is 1.18. The Hall–Kier alpha value is -4.73. The summed E-state index contributed by atoms with van der Waals surface area (Å²) >= 11 is 0. The van der Waals surface area contributed by atoms with Gasteiger partial charge in [-0.1, -0.05) is 54.6 Å². The van der Waals surface area contributed by atoms with Crippen LogP contribution in [0.1, 0.15) is 45.7 Å². The molecule has 0 bridgehead atoms. The Bertz CT molecular complexity index is 1600. The van der Waals surface area contributed by atoms with E-state index in [0.29, 0.717) is 31.6 Å². The van der Waals surface area contributed by atoms with Crippen molar-refractivity contribution >= 4 is 22.6 Å². The van der Waals surface area contributed by atoms with Crippen LogP contribution in [0.3, 0.4) is 0 Å². The van der Waals surface area contributed by atoms with Crippen molar-refractivity contribution in [2.24, 2.45) is 7.05 Å². The Kier molecular flexibility index (Phi) is 10.3. The highest BCUT2D eigenvalue weighted by molar-refractivity contribution is 5.97. The van der Waals surface area contributed by atoms with E-state index in [4.69, 9.17) is 0 Å². The van der Waals surface area contributed by atoms with Gasteiger partial charge in [0.2, 0.25) is 5.91 Å². The van der Waals surface area contributed by atoms with E-state index in [2.05, 4.69) is 60.3 Å². The molecule has 43 heavy (non-hydrogen) atoms. The van der Waals surface area contributed by atoms with Crippen LogP contribution >= 0.6 is 0 Å². The Labute approximate surface area is 252 Å². The number of aryl methyl sites for hydroxylation is 1. The first-order valence-electron chi connectivity index (χ1n) is 14.7. The van der Waals surface area contributed by atoms with Crippen molar-refractivity contribution in [2.45, 2.75) is 45.1 Å². The molecule has 0 unspecified atom stereocenters. The average Bonchev–Trinajstić information content (AvgIpc) is 3.71. The van der Waals surface area contributed by atoms with Crippen molar-refractivity contribution in [1.82, 2.24) is 36.0 Å². The van der Waals surface area contributed by atoms with E-state index in [1.807, 2.05) is 61.8 Å². The van der Waals surface area contributed by atoms with Gasteiger partial charge in [0.1, 0.15) is 6.04 Å². The van der Waals surface area contributed by atoms with Gasteiger partial charge in [-0.15, -0.1) is 0 Å². The molecular weight excluding hydrogens is 538 g/mol. The number of hydrogen-bond donors (Lipinski definition) is 5. The zero-order valence-corrected chi connectivity index (χ0v) is 24.5. The van der Waals surface area contributed by atoms with Gasteiger partial charge < -0.3 is 25.8 Å². The predicted octanol–water partition coefficient (Wildman–Crippen LogP) is 4.18. The molecule has 9 heteroatoms. The van der Waals surface area contributed by atoms with E-state index >= 15 is 0 Å². The van der Waals surface area contributed by atoms with Crippen molar-refractivity contribution in [2.75, 3.05) is 6.54 Å². The minimum atomic E-state index is -0.658. The molecule has 222 valence electrons. The van der Waals surface area contributed by atoms with Crippen LogP contribution in [0.15, 0.2) is 97.3 Å². The standard InChI is InChI=1S/C34H39N7O2/c1-41-20-6-10-30(41)24-35-18-5-12-32(34(43)37-22-28-9-4-8-26-7-2-3-11-31(26)28)39-33(42)27-15-13-25(14-16-27)21-36-23-29-17-19-38-40-29/h2-4,6-11,13-17,19-20,32,35-36H,5,12,18,21-24H2,1H3,(H,37,43)(H,38,40)(H,39,42)/t32-/m0/s1. The van der Waals surface area contributed by atoms with Gasteiger partial charge in [-0.05, 0) is 71.6 Å². The smallest absolute Gasteiger partial charge is 0.251 e. The molecule has 5 aromatic rings. The molecule has 0 aliphatic heterocycles. The molecule has 2 aromatic heterocycles. The van der Waals surface area contributed by atoms with Gasteiger partial charge in [-0.2, -0.15) is 5.10 Å². The number of carbonyl (C=O) groups is 2. The van der Waals surface area contributed by atoms with Crippen LogP contribution in [0.5, 0.6) is 0 Å². The predicted molar refractivity (Wildman–Crippen MR) is 169 cm³/mol. The van der Waals surface area contributed by atoms with Gasteiger partial charge in [0, 0.05) is 56.9 Å². The van der Waals surface area contributed by atoms with Crippen molar-refractivity contribution in [3.63, 3.8) is 0 Å². The number of rotatable bonds is 15. The van der Waals surface area contributed by atoms with Crippen LogP contribution < -0.4 is 21.3 Å². The first-order valence-corrected chi connectivity index (χ1v) is 14.7. The van der Waals surface area contributed by atoms with Crippen molar-refractivity contribution in [3.05, 3.63) is 125 Å². The summed E-state index contributed by atoms with van der Waals surface area (Å²) in [6.45, 7) is 3.17. The van der Waals surface area contributed by atoms with E-state index < -0.39 is 6.04 Å². The summed E-state index contributed by atoms with van der Waals surface area (Å²) in [5.74, 6) is -0.457. The Morgan fingerprint density at radius 3 is 2.49 bits per heavy atom. The number of fused-ring (bicyclic) bond motifs is 1. The third-order valence-corrected chi connectivity index (χ3v) is 7.57. The summed E-state index contributed by atoms with van der Waals surface area (Å²) in [4.78, 5) is 26.7. The van der Waals surface area contributed by atoms with Gasteiger partial charge in [-0.3, -0.25) is 14.7 Å². The molecule has 5 rings (SSSR count). The fourth-order valence-electron chi connectivity index (χ4n) is 5.09. The van der Waals surface area contributed by atoms with E-state index in [9.17, 15) is 9.59 Å². The maximum atomic E-state index is 13.4. The van der Waals surface area contributed by atoms with Crippen LogP contribution in [0, 0.1) is 0 Å². The number of aromatic amines is 1. The SMILES string of the molecule is Cn1cccc1CNCCC[C@H](NC(=O)c1ccc(CNCc2cc[nH]n2)cc1)C(=O)NCc1cccc2ccccc12. The quantitative estimate of drug-likeness (QED) is 0.120. The molecule has 2 heterocycles. The minimum Gasteiger partial charge on any atom is -0.353 e. The fraction of sp³-hybridized carbons (Fsp3) is 0.265. The molecule has 1 atom stereocenters. The van der Waals surface area contributed by atoms with Gasteiger partial charge in [0.05, 0.1) is 5.69 Å². The number of hydrogen-bond acceptors (Lipinski definition) is 5. The zero-order chi connectivity index (χ0) is 29.9. The van der Waals surface area contributed by atoms with Crippen LogP contribution in [0.2, 0.25) is 0 Å². The number of amides is 2. The lowest BCUT2D eigenvalue weighted by atomic mass is 10.0.